The lowest BCUT2D eigenvalue weighted by Gasteiger charge is -2.23. The number of nitrogens with two attached hydrogens (primary N) is 1. The van der Waals surface area contributed by atoms with Crippen molar-refractivity contribution in [2.45, 2.75) is 39.2 Å². The lowest BCUT2D eigenvalue weighted by atomic mass is 9.93. The van der Waals surface area contributed by atoms with Crippen molar-refractivity contribution in [2.24, 2.45) is 5.73 Å². The first-order valence-electron chi connectivity index (χ1n) is 10.5. The Hall–Kier alpha value is -2.35. The third-order valence-electron chi connectivity index (χ3n) is 5.35. The minimum absolute atomic E-state index is 0.0823. The van der Waals surface area contributed by atoms with E-state index in [0.29, 0.717) is 26.0 Å². The normalized spacial score (nSPS) is 12.0. The molecule has 3 aromatic rings. The van der Waals surface area contributed by atoms with Gasteiger partial charge in [0.25, 0.3) is 0 Å². The van der Waals surface area contributed by atoms with E-state index in [9.17, 15) is 4.79 Å². The molecule has 33 heavy (non-hydrogen) atoms. The Morgan fingerprint density at radius 3 is 2.21 bits per heavy atom. The molecule has 5 nitrogen and oxygen atoms in total. The minimum Gasteiger partial charge on any atom is -0.496 e. The molecule has 3 N–H and O–H groups in total. The van der Waals surface area contributed by atoms with Gasteiger partial charge < -0.3 is 20.3 Å². The van der Waals surface area contributed by atoms with E-state index in [1.165, 1.54) is 0 Å². The molecule has 0 amide bonds. The molecule has 3 aromatic carbocycles. The summed E-state index contributed by atoms with van der Waals surface area (Å²) in [5.41, 5.74) is 11.3. The first-order chi connectivity index (χ1) is 15.6. The summed E-state index contributed by atoms with van der Waals surface area (Å²) < 4.78 is 13.4. The van der Waals surface area contributed by atoms with E-state index in [-0.39, 0.29) is 12.3 Å². The van der Waals surface area contributed by atoms with Gasteiger partial charge in [-0.1, -0.05) is 43.7 Å². The number of carbonyl (C=O) groups is 1. The van der Waals surface area contributed by atoms with Crippen LogP contribution in [-0.4, -0.2) is 18.2 Å². The Morgan fingerprint density at radius 1 is 1.03 bits per heavy atom. The summed E-state index contributed by atoms with van der Waals surface area (Å²) in [6, 6.07) is 15.1. The summed E-state index contributed by atoms with van der Waals surface area (Å²) >= 11 is 7.07. The lowest BCUT2D eigenvalue weighted by Crippen LogP contribution is -2.14. The Balaban J connectivity index is 2.13. The highest BCUT2D eigenvalue weighted by Crippen LogP contribution is 2.43. The highest BCUT2D eigenvalue weighted by atomic mass is 79.9. The van der Waals surface area contributed by atoms with Gasteiger partial charge in [-0.3, -0.25) is 4.79 Å². The highest BCUT2D eigenvalue weighted by Gasteiger charge is 2.22. The molecule has 0 bridgehead atoms. The Morgan fingerprint density at radius 2 is 1.67 bits per heavy atom. The summed E-state index contributed by atoms with van der Waals surface area (Å²) in [5, 5.41) is 9.12. The van der Waals surface area contributed by atoms with Gasteiger partial charge >= 0.3 is 5.97 Å². The van der Waals surface area contributed by atoms with E-state index in [0.717, 1.165) is 28.0 Å². The molecular weight excluding hydrogens is 550 g/mol. The third-order valence-corrected chi connectivity index (χ3v) is 6.52. The Labute approximate surface area is 211 Å². The van der Waals surface area contributed by atoms with Crippen molar-refractivity contribution in [1.29, 1.82) is 0 Å². The number of carboxylic acid groups (broad SMARTS) is 1. The zero-order valence-corrected chi connectivity index (χ0v) is 22.2. The quantitative estimate of drug-likeness (QED) is 0.298. The molecule has 7 heteroatoms. The number of benzene rings is 3. The van der Waals surface area contributed by atoms with Crippen molar-refractivity contribution in [3.63, 3.8) is 0 Å². The summed E-state index contributed by atoms with van der Waals surface area (Å²) in [4.78, 5) is 11.1. The number of rotatable bonds is 8. The van der Waals surface area contributed by atoms with Crippen LogP contribution in [0.2, 0.25) is 0 Å². The van der Waals surface area contributed by atoms with Gasteiger partial charge in [-0.25, -0.2) is 0 Å². The number of ether oxygens (including phenoxy) is 2. The van der Waals surface area contributed by atoms with Crippen molar-refractivity contribution < 1.29 is 19.4 Å². The number of halogens is 2. The van der Waals surface area contributed by atoms with E-state index in [1.54, 1.807) is 19.2 Å². The molecule has 1 atom stereocenters. The number of carboxylic acids is 1. The Bertz CT molecular complexity index is 1150. The molecule has 174 valence electrons. The second-order valence-electron chi connectivity index (χ2n) is 8.24. The fourth-order valence-corrected chi connectivity index (χ4v) is 5.13. The van der Waals surface area contributed by atoms with Crippen LogP contribution in [-0.2, 0) is 11.2 Å². The standard InChI is InChI=1S/C26H27Br2NO4/c1-14(2)18-12-23(33-26-20(27)9-16(10-21(26)28)11-24(30)31)19(13-22(18)32-4)25(29)17-7-5-6-15(3)8-17/h5-10,12-14,25H,11,29H2,1-4H3,(H,30,31). The molecule has 0 aliphatic carbocycles. The molecule has 0 saturated carbocycles. The van der Waals surface area contributed by atoms with Crippen LogP contribution in [0.3, 0.4) is 0 Å². The molecule has 0 aliphatic heterocycles. The monoisotopic (exact) mass is 575 g/mol. The predicted molar refractivity (Wildman–Crippen MR) is 138 cm³/mol. The predicted octanol–water partition coefficient (Wildman–Crippen LogP) is 7.12. The number of methoxy groups -OCH3 is 1. The largest absolute Gasteiger partial charge is 0.496 e. The molecule has 0 aromatic heterocycles. The molecule has 1 unspecified atom stereocenters. The van der Waals surface area contributed by atoms with Crippen LogP contribution in [0.4, 0.5) is 0 Å². The molecule has 0 fully saturated rings. The number of aryl methyl sites for hydroxylation is 1. The number of hydrogen-bond acceptors (Lipinski definition) is 4. The van der Waals surface area contributed by atoms with Crippen LogP contribution in [0.1, 0.15) is 53.6 Å². The molecule has 0 saturated heterocycles. The summed E-state index contributed by atoms with van der Waals surface area (Å²) in [6.45, 7) is 6.21. The Kier molecular flexibility index (Phi) is 8.21. The van der Waals surface area contributed by atoms with Crippen LogP contribution in [0, 0.1) is 6.92 Å². The molecule has 0 spiro atoms. The fourth-order valence-electron chi connectivity index (χ4n) is 3.69. The van der Waals surface area contributed by atoms with E-state index in [1.807, 2.05) is 37.3 Å². The molecule has 0 heterocycles. The van der Waals surface area contributed by atoms with Gasteiger partial charge in [-0.2, -0.15) is 0 Å². The van der Waals surface area contributed by atoms with Gasteiger partial charge in [0.15, 0.2) is 5.75 Å². The van der Waals surface area contributed by atoms with Crippen molar-refractivity contribution in [3.05, 3.63) is 85.3 Å². The summed E-state index contributed by atoms with van der Waals surface area (Å²) in [7, 11) is 1.65. The molecule has 0 radical (unpaired) electrons. The van der Waals surface area contributed by atoms with Crippen LogP contribution in [0.15, 0.2) is 57.5 Å². The van der Waals surface area contributed by atoms with E-state index in [4.69, 9.17) is 20.3 Å². The highest BCUT2D eigenvalue weighted by molar-refractivity contribution is 9.11. The van der Waals surface area contributed by atoms with Crippen molar-refractivity contribution >= 4 is 37.8 Å². The SMILES string of the molecule is COc1cc(C(N)c2cccc(C)c2)c(Oc2c(Br)cc(CC(=O)O)cc2Br)cc1C(C)C. The molecule has 3 rings (SSSR count). The zero-order chi connectivity index (χ0) is 24.3. The lowest BCUT2D eigenvalue weighted by molar-refractivity contribution is -0.136. The van der Waals surface area contributed by atoms with Gasteiger partial charge in [0, 0.05) is 11.1 Å². The topological polar surface area (TPSA) is 81.8 Å². The van der Waals surface area contributed by atoms with Gasteiger partial charge in [-0.05, 0) is 80.1 Å². The van der Waals surface area contributed by atoms with Gasteiger partial charge in [0.05, 0.1) is 28.5 Å². The average Bonchev–Trinajstić information content (AvgIpc) is 2.74. The fraction of sp³-hybridized carbons (Fsp3) is 0.269. The second-order valence-corrected chi connectivity index (χ2v) is 9.95. The molecule has 0 aliphatic rings. The van der Waals surface area contributed by atoms with Gasteiger partial charge in [0.1, 0.15) is 11.5 Å². The summed E-state index contributed by atoms with van der Waals surface area (Å²) in [5.74, 6) is 1.22. The first-order valence-corrected chi connectivity index (χ1v) is 12.1. The van der Waals surface area contributed by atoms with Crippen LogP contribution < -0.4 is 15.2 Å². The maximum atomic E-state index is 11.1. The van der Waals surface area contributed by atoms with E-state index < -0.39 is 12.0 Å². The zero-order valence-electron chi connectivity index (χ0n) is 19.0. The molecular formula is C26H27Br2NO4. The maximum Gasteiger partial charge on any atom is 0.307 e. The third kappa shape index (κ3) is 5.96. The van der Waals surface area contributed by atoms with E-state index in [2.05, 4.69) is 51.8 Å². The van der Waals surface area contributed by atoms with Crippen LogP contribution >= 0.6 is 31.9 Å². The minimum atomic E-state index is -0.898. The summed E-state index contributed by atoms with van der Waals surface area (Å²) in [6.07, 6.45) is -0.0823. The number of hydrogen-bond donors (Lipinski definition) is 2. The maximum absolute atomic E-state index is 11.1. The van der Waals surface area contributed by atoms with E-state index >= 15 is 0 Å². The van der Waals surface area contributed by atoms with Crippen molar-refractivity contribution in [3.8, 4) is 17.2 Å². The second kappa shape index (κ2) is 10.7. The number of aliphatic carboxylic acids is 1. The van der Waals surface area contributed by atoms with Crippen molar-refractivity contribution in [2.75, 3.05) is 7.11 Å². The van der Waals surface area contributed by atoms with Gasteiger partial charge in [0.2, 0.25) is 0 Å². The van der Waals surface area contributed by atoms with Gasteiger partial charge in [-0.15, -0.1) is 0 Å². The average molecular weight is 577 g/mol. The smallest absolute Gasteiger partial charge is 0.307 e. The first kappa shape index (κ1) is 25.3. The van der Waals surface area contributed by atoms with Crippen LogP contribution in [0.25, 0.3) is 0 Å². The van der Waals surface area contributed by atoms with Crippen LogP contribution in [0.5, 0.6) is 17.2 Å². The van der Waals surface area contributed by atoms with Crippen molar-refractivity contribution in [1.82, 2.24) is 0 Å².